The lowest BCUT2D eigenvalue weighted by molar-refractivity contribution is 0.101. The first-order chi connectivity index (χ1) is 8.88. The van der Waals surface area contributed by atoms with Gasteiger partial charge < -0.3 is 9.88 Å². The van der Waals surface area contributed by atoms with Crippen molar-refractivity contribution in [3.05, 3.63) is 52.0 Å². The van der Waals surface area contributed by atoms with Crippen LogP contribution in [0.15, 0.2) is 28.9 Å². The van der Waals surface area contributed by atoms with Gasteiger partial charge in [-0.05, 0) is 22.0 Å². The molecule has 0 fully saturated rings. The average Bonchev–Trinajstić information content (AvgIpc) is 2.65. The molecule has 0 unspecified atom stereocenters. The molecule has 3 nitrogen and oxygen atoms in total. The predicted molar refractivity (Wildman–Crippen MR) is 67.4 cm³/mol. The smallest absolute Gasteiger partial charge is 0.272 e. The van der Waals surface area contributed by atoms with Crippen molar-refractivity contribution in [3.63, 3.8) is 0 Å². The van der Waals surface area contributed by atoms with Gasteiger partial charge >= 0.3 is 0 Å². The highest BCUT2D eigenvalue weighted by Gasteiger charge is 2.15. The number of nitrogens with zero attached hydrogens (tertiary/aromatic N) is 1. The minimum absolute atomic E-state index is 0.154. The van der Waals surface area contributed by atoms with Gasteiger partial charge in [0.05, 0.1) is 0 Å². The molecular formula is C12H8BrF3N2O. The number of rotatable bonds is 2. The van der Waals surface area contributed by atoms with Crippen molar-refractivity contribution in [1.82, 2.24) is 4.57 Å². The first-order valence-electron chi connectivity index (χ1n) is 5.16. The van der Waals surface area contributed by atoms with Gasteiger partial charge in [0.2, 0.25) is 0 Å². The highest BCUT2D eigenvalue weighted by molar-refractivity contribution is 9.10. The third-order valence-electron chi connectivity index (χ3n) is 2.45. The van der Waals surface area contributed by atoms with Gasteiger partial charge in [-0.3, -0.25) is 4.79 Å². The lowest BCUT2D eigenvalue weighted by atomic mass is 10.2. The topological polar surface area (TPSA) is 34.0 Å². The Bertz CT molecular complexity index is 631. The Morgan fingerprint density at radius 2 is 1.79 bits per heavy atom. The molecule has 0 bridgehead atoms. The maximum Gasteiger partial charge on any atom is 0.272 e. The second-order valence-corrected chi connectivity index (χ2v) is 4.78. The Labute approximate surface area is 115 Å². The molecule has 0 radical (unpaired) electrons. The molecule has 1 heterocycles. The second kappa shape index (κ2) is 5.08. The molecule has 0 aliphatic carbocycles. The third-order valence-corrected chi connectivity index (χ3v) is 2.88. The number of hydrogen-bond donors (Lipinski definition) is 1. The Morgan fingerprint density at radius 1 is 1.21 bits per heavy atom. The summed E-state index contributed by atoms with van der Waals surface area (Å²) in [6.45, 7) is 0. The van der Waals surface area contributed by atoms with Crippen LogP contribution < -0.4 is 5.32 Å². The number of aromatic nitrogens is 1. The molecule has 2 rings (SSSR count). The summed E-state index contributed by atoms with van der Waals surface area (Å²) in [5.74, 6) is -4.84. The number of aryl methyl sites for hydroxylation is 1. The van der Waals surface area contributed by atoms with E-state index in [1.54, 1.807) is 19.3 Å². The number of benzene rings is 1. The summed E-state index contributed by atoms with van der Waals surface area (Å²) in [6, 6.07) is 2.98. The Hall–Kier alpha value is -1.76. The standard InChI is InChI=1S/C12H8BrF3N2O/c1-18-5-6(13)2-10(18)12(19)17-7-3-8(14)11(16)9(15)4-7/h2-5H,1H3,(H,17,19). The molecule has 1 aromatic heterocycles. The van der Waals surface area contributed by atoms with Crippen LogP contribution >= 0.6 is 15.9 Å². The van der Waals surface area contributed by atoms with Crippen molar-refractivity contribution in [2.24, 2.45) is 7.05 Å². The number of carbonyl (C=O) groups is 1. The molecule has 0 spiro atoms. The van der Waals surface area contributed by atoms with E-state index in [0.29, 0.717) is 16.6 Å². The van der Waals surface area contributed by atoms with Gasteiger partial charge in [0.25, 0.3) is 5.91 Å². The number of nitrogens with one attached hydrogen (secondary N) is 1. The highest BCUT2D eigenvalue weighted by Crippen LogP contribution is 2.19. The van der Waals surface area contributed by atoms with Gasteiger partial charge in [0, 0.05) is 35.5 Å². The molecular weight excluding hydrogens is 325 g/mol. The van der Waals surface area contributed by atoms with E-state index in [2.05, 4.69) is 21.2 Å². The van der Waals surface area contributed by atoms with Gasteiger partial charge in [0.1, 0.15) is 5.69 Å². The van der Waals surface area contributed by atoms with E-state index in [-0.39, 0.29) is 11.4 Å². The van der Waals surface area contributed by atoms with Gasteiger partial charge in [0.15, 0.2) is 17.5 Å². The number of carbonyl (C=O) groups excluding carboxylic acids is 1. The lowest BCUT2D eigenvalue weighted by Gasteiger charge is -2.07. The molecule has 100 valence electrons. The summed E-state index contributed by atoms with van der Waals surface area (Å²) in [7, 11) is 1.64. The molecule has 0 saturated carbocycles. The van der Waals surface area contributed by atoms with Crippen molar-refractivity contribution < 1.29 is 18.0 Å². The maximum absolute atomic E-state index is 13.0. The minimum Gasteiger partial charge on any atom is -0.345 e. The van der Waals surface area contributed by atoms with Gasteiger partial charge in [-0.15, -0.1) is 0 Å². The SMILES string of the molecule is Cn1cc(Br)cc1C(=O)Nc1cc(F)c(F)c(F)c1. The monoisotopic (exact) mass is 332 g/mol. The van der Waals surface area contributed by atoms with Gasteiger partial charge in [-0.2, -0.15) is 0 Å². The zero-order valence-corrected chi connectivity index (χ0v) is 11.3. The van der Waals surface area contributed by atoms with Crippen molar-refractivity contribution in [1.29, 1.82) is 0 Å². The fourth-order valence-corrected chi connectivity index (χ4v) is 2.10. The third kappa shape index (κ3) is 2.81. The molecule has 0 saturated heterocycles. The average molecular weight is 333 g/mol. The summed E-state index contributed by atoms with van der Waals surface area (Å²) in [4.78, 5) is 11.9. The normalized spacial score (nSPS) is 10.6. The highest BCUT2D eigenvalue weighted by atomic mass is 79.9. The maximum atomic E-state index is 13.0. The van der Waals surface area contributed by atoms with Crippen LogP contribution in [0, 0.1) is 17.5 Å². The molecule has 1 aromatic carbocycles. The quantitative estimate of drug-likeness (QED) is 0.839. The van der Waals surface area contributed by atoms with Crippen LogP contribution in [0.25, 0.3) is 0 Å². The Morgan fingerprint density at radius 3 is 2.26 bits per heavy atom. The van der Waals surface area contributed by atoms with Crippen molar-refractivity contribution >= 4 is 27.5 Å². The largest absolute Gasteiger partial charge is 0.345 e. The summed E-state index contributed by atoms with van der Waals surface area (Å²) in [5, 5.41) is 2.29. The van der Waals surface area contributed by atoms with Crippen LogP contribution in [0.2, 0.25) is 0 Å². The van der Waals surface area contributed by atoms with E-state index in [0.717, 1.165) is 0 Å². The molecule has 0 aliphatic rings. The molecule has 0 atom stereocenters. The van der Waals surface area contributed by atoms with E-state index in [4.69, 9.17) is 0 Å². The summed E-state index contributed by atoms with van der Waals surface area (Å²) in [5.41, 5.74) is 0.135. The van der Waals surface area contributed by atoms with E-state index >= 15 is 0 Å². The fourth-order valence-electron chi connectivity index (χ4n) is 1.57. The molecule has 1 N–H and O–H groups in total. The van der Waals surface area contributed by atoms with E-state index in [1.165, 1.54) is 4.57 Å². The number of halogens is 4. The minimum atomic E-state index is -1.57. The van der Waals surface area contributed by atoms with Crippen molar-refractivity contribution in [3.8, 4) is 0 Å². The first-order valence-corrected chi connectivity index (χ1v) is 5.95. The number of amides is 1. The summed E-state index contributed by atoms with van der Waals surface area (Å²) in [6.07, 6.45) is 1.65. The van der Waals surface area contributed by atoms with E-state index < -0.39 is 23.4 Å². The van der Waals surface area contributed by atoms with Crippen LogP contribution in [0.4, 0.5) is 18.9 Å². The van der Waals surface area contributed by atoms with Crippen LogP contribution in [0.3, 0.4) is 0 Å². The number of hydrogen-bond acceptors (Lipinski definition) is 1. The summed E-state index contributed by atoms with van der Waals surface area (Å²) < 4.78 is 41.0. The zero-order chi connectivity index (χ0) is 14.2. The van der Waals surface area contributed by atoms with Crippen LogP contribution in [0.1, 0.15) is 10.5 Å². The van der Waals surface area contributed by atoms with Gasteiger partial charge in [-0.25, -0.2) is 13.2 Å². The second-order valence-electron chi connectivity index (χ2n) is 3.86. The lowest BCUT2D eigenvalue weighted by Crippen LogP contribution is -2.15. The van der Waals surface area contributed by atoms with Crippen molar-refractivity contribution in [2.75, 3.05) is 5.32 Å². The van der Waals surface area contributed by atoms with E-state index in [9.17, 15) is 18.0 Å². The van der Waals surface area contributed by atoms with Gasteiger partial charge in [-0.1, -0.05) is 0 Å². The van der Waals surface area contributed by atoms with Crippen LogP contribution in [0.5, 0.6) is 0 Å². The fraction of sp³-hybridized carbons (Fsp3) is 0.0833. The number of anilines is 1. The van der Waals surface area contributed by atoms with Crippen LogP contribution in [-0.2, 0) is 7.05 Å². The first kappa shape index (κ1) is 13.7. The molecule has 2 aromatic rings. The van der Waals surface area contributed by atoms with Crippen molar-refractivity contribution in [2.45, 2.75) is 0 Å². The molecule has 7 heteroatoms. The molecule has 19 heavy (non-hydrogen) atoms. The summed E-state index contributed by atoms with van der Waals surface area (Å²) >= 11 is 3.20. The molecule has 1 amide bonds. The van der Waals surface area contributed by atoms with Crippen LogP contribution in [-0.4, -0.2) is 10.5 Å². The zero-order valence-electron chi connectivity index (χ0n) is 9.68. The Kier molecular flexibility index (Phi) is 3.66. The Balaban J connectivity index is 2.27. The van der Waals surface area contributed by atoms with E-state index in [1.807, 2.05) is 0 Å². The predicted octanol–water partition coefficient (Wildman–Crippen LogP) is 3.46. The molecule has 0 aliphatic heterocycles.